The lowest BCUT2D eigenvalue weighted by molar-refractivity contribution is -0.123. The fourth-order valence-electron chi connectivity index (χ4n) is 2.10. The number of rotatable bonds is 5. The van der Waals surface area contributed by atoms with E-state index in [1.54, 1.807) is 0 Å². The number of nitrogens with one attached hydrogen (secondary N) is 1. The second-order valence-electron chi connectivity index (χ2n) is 4.96. The molecule has 1 fully saturated rings. The number of hydrogen-bond acceptors (Lipinski definition) is 2. The molecule has 2 rings (SSSR count). The predicted molar refractivity (Wildman–Crippen MR) is 80.8 cm³/mol. The van der Waals surface area contributed by atoms with E-state index in [1.807, 2.05) is 31.2 Å². The van der Waals surface area contributed by atoms with Crippen molar-refractivity contribution in [3.8, 4) is 0 Å². The standard InChI is InChI=1S/C14H19ClN2O.ClH/c1-9(11-3-2-4-12(15)7-11)14(18)17-13(8-16)10-5-6-10;/h2-4,7,9-10,13H,5-6,8,16H2,1H3,(H,17,18);1H. The van der Waals surface area contributed by atoms with Crippen molar-refractivity contribution in [3.05, 3.63) is 34.9 Å². The summed E-state index contributed by atoms with van der Waals surface area (Å²) >= 11 is 5.94. The first-order chi connectivity index (χ1) is 8.61. The summed E-state index contributed by atoms with van der Waals surface area (Å²) in [6, 6.07) is 7.55. The monoisotopic (exact) mass is 302 g/mol. The van der Waals surface area contributed by atoms with Gasteiger partial charge in [0.25, 0.3) is 0 Å². The van der Waals surface area contributed by atoms with Crippen LogP contribution in [0.25, 0.3) is 0 Å². The minimum atomic E-state index is -0.198. The van der Waals surface area contributed by atoms with Crippen LogP contribution >= 0.6 is 24.0 Å². The number of benzene rings is 1. The van der Waals surface area contributed by atoms with Crippen LogP contribution in [0.1, 0.15) is 31.2 Å². The Kier molecular flexibility index (Phi) is 6.11. The van der Waals surface area contributed by atoms with Gasteiger partial charge in [0.2, 0.25) is 5.91 Å². The van der Waals surface area contributed by atoms with E-state index in [4.69, 9.17) is 17.3 Å². The summed E-state index contributed by atoms with van der Waals surface area (Å²) in [6.07, 6.45) is 2.35. The fraction of sp³-hybridized carbons (Fsp3) is 0.500. The summed E-state index contributed by atoms with van der Waals surface area (Å²) in [5.74, 6) is 0.404. The molecule has 1 saturated carbocycles. The Morgan fingerprint density at radius 1 is 1.53 bits per heavy atom. The average Bonchev–Trinajstić information content (AvgIpc) is 3.19. The lowest BCUT2D eigenvalue weighted by Crippen LogP contribution is -2.43. The van der Waals surface area contributed by atoms with Gasteiger partial charge in [0.1, 0.15) is 0 Å². The van der Waals surface area contributed by atoms with E-state index in [0.29, 0.717) is 17.5 Å². The van der Waals surface area contributed by atoms with Crippen molar-refractivity contribution >= 4 is 29.9 Å². The first-order valence-corrected chi connectivity index (χ1v) is 6.75. The minimum absolute atomic E-state index is 0. The van der Waals surface area contributed by atoms with E-state index in [-0.39, 0.29) is 30.3 Å². The van der Waals surface area contributed by atoms with E-state index in [2.05, 4.69) is 5.32 Å². The molecule has 1 aliphatic carbocycles. The van der Waals surface area contributed by atoms with Gasteiger partial charge in [-0.3, -0.25) is 4.79 Å². The van der Waals surface area contributed by atoms with Crippen LogP contribution in [0.15, 0.2) is 24.3 Å². The summed E-state index contributed by atoms with van der Waals surface area (Å²) in [7, 11) is 0. The van der Waals surface area contributed by atoms with Gasteiger partial charge in [-0.2, -0.15) is 0 Å². The van der Waals surface area contributed by atoms with Crippen LogP contribution in [0, 0.1) is 5.92 Å². The number of nitrogens with two attached hydrogens (primary N) is 1. The number of amides is 1. The second-order valence-corrected chi connectivity index (χ2v) is 5.40. The van der Waals surface area contributed by atoms with Gasteiger partial charge in [0.05, 0.1) is 5.92 Å². The molecule has 0 aliphatic heterocycles. The van der Waals surface area contributed by atoms with E-state index in [0.717, 1.165) is 5.56 Å². The Bertz CT molecular complexity index is 435. The highest BCUT2D eigenvalue weighted by molar-refractivity contribution is 6.30. The van der Waals surface area contributed by atoms with Gasteiger partial charge in [-0.1, -0.05) is 23.7 Å². The maximum atomic E-state index is 12.1. The van der Waals surface area contributed by atoms with Crippen LogP contribution in [0.2, 0.25) is 5.02 Å². The van der Waals surface area contributed by atoms with Crippen molar-refractivity contribution in [1.29, 1.82) is 0 Å². The summed E-state index contributed by atoms with van der Waals surface area (Å²) in [5.41, 5.74) is 6.63. The zero-order valence-corrected chi connectivity index (χ0v) is 12.5. The molecule has 2 unspecified atom stereocenters. The van der Waals surface area contributed by atoms with Crippen molar-refractivity contribution in [3.63, 3.8) is 0 Å². The van der Waals surface area contributed by atoms with Crippen LogP contribution in [0.3, 0.4) is 0 Å². The SMILES string of the molecule is CC(C(=O)NC(CN)C1CC1)c1cccc(Cl)c1.Cl. The molecule has 3 nitrogen and oxygen atoms in total. The Hall–Kier alpha value is -0.770. The van der Waals surface area contributed by atoms with Crippen LogP contribution in [-0.2, 0) is 4.79 Å². The highest BCUT2D eigenvalue weighted by Crippen LogP contribution is 2.32. The molecular weight excluding hydrogens is 283 g/mol. The van der Waals surface area contributed by atoms with Crippen molar-refractivity contribution in [2.24, 2.45) is 11.7 Å². The van der Waals surface area contributed by atoms with Crippen molar-refractivity contribution in [1.82, 2.24) is 5.32 Å². The molecule has 1 aliphatic rings. The molecule has 5 heteroatoms. The Balaban J connectivity index is 0.00000180. The zero-order valence-electron chi connectivity index (χ0n) is 10.9. The zero-order chi connectivity index (χ0) is 13.1. The highest BCUT2D eigenvalue weighted by Gasteiger charge is 2.32. The molecule has 1 amide bonds. The molecule has 0 saturated heterocycles. The summed E-state index contributed by atoms with van der Waals surface area (Å²) < 4.78 is 0. The molecule has 1 aromatic carbocycles. The van der Waals surface area contributed by atoms with Gasteiger partial charge in [-0.15, -0.1) is 12.4 Å². The van der Waals surface area contributed by atoms with Gasteiger partial charge in [-0.05, 0) is 43.4 Å². The Morgan fingerprint density at radius 3 is 2.74 bits per heavy atom. The third-order valence-corrected chi connectivity index (χ3v) is 3.75. The molecule has 3 N–H and O–H groups in total. The molecule has 0 radical (unpaired) electrons. The highest BCUT2D eigenvalue weighted by atomic mass is 35.5. The first-order valence-electron chi connectivity index (χ1n) is 6.37. The third kappa shape index (κ3) is 4.37. The number of carbonyl (C=O) groups is 1. The number of carbonyl (C=O) groups excluding carboxylic acids is 1. The topological polar surface area (TPSA) is 55.1 Å². The Morgan fingerprint density at radius 2 is 2.21 bits per heavy atom. The predicted octanol–water partition coefficient (Wildman–Crippen LogP) is 2.72. The largest absolute Gasteiger partial charge is 0.351 e. The van der Waals surface area contributed by atoms with E-state index in [9.17, 15) is 4.79 Å². The molecule has 0 bridgehead atoms. The summed E-state index contributed by atoms with van der Waals surface area (Å²) in [4.78, 5) is 12.1. The normalized spacial score (nSPS) is 17.2. The maximum absolute atomic E-state index is 12.1. The molecule has 0 aromatic heterocycles. The molecular formula is C14H20Cl2N2O. The summed E-state index contributed by atoms with van der Waals surface area (Å²) in [6.45, 7) is 2.40. The molecule has 0 heterocycles. The quantitative estimate of drug-likeness (QED) is 0.879. The van der Waals surface area contributed by atoms with Crippen molar-refractivity contribution in [2.75, 3.05) is 6.54 Å². The van der Waals surface area contributed by atoms with Gasteiger partial charge < -0.3 is 11.1 Å². The number of halogens is 2. The van der Waals surface area contributed by atoms with E-state index in [1.165, 1.54) is 12.8 Å². The lowest BCUT2D eigenvalue weighted by atomic mass is 9.99. The molecule has 0 spiro atoms. The molecule has 106 valence electrons. The average molecular weight is 303 g/mol. The van der Waals surface area contributed by atoms with Crippen molar-refractivity contribution < 1.29 is 4.79 Å². The van der Waals surface area contributed by atoms with Gasteiger partial charge >= 0.3 is 0 Å². The number of hydrogen-bond donors (Lipinski definition) is 2. The lowest BCUT2D eigenvalue weighted by Gasteiger charge is -2.19. The molecule has 2 atom stereocenters. The second kappa shape index (κ2) is 7.13. The van der Waals surface area contributed by atoms with Crippen LogP contribution < -0.4 is 11.1 Å². The van der Waals surface area contributed by atoms with Gasteiger partial charge in [0, 0.05) is 17.6 Å². The van der Waals surface area contributed by atoms with E-state index >= 15 is 0 Å². The van der Waals surface area contributed by atoms with Crippen LogP contribution in [-0.4, -0.2) is 18.5 Å². The van der Waals surface area contributed by atoms with Gasteiger partial charge in [0.15, 0.2) is 0 Å². The maximum Gasteiger partial charge on any atom is 0.227 e. The fourth-order valence-corrected chi connectivity index (χ4v) is 2.30. The van der Waals surface area contributed by atoms with Crippen molar-refractivity contribution in [2.45, 2.75) is 31.7 Å². The molecule has 19 heavy (non-hydrogen) atoms. The minimum Gasteiger partial charge on any atom is -0.351 e. The summed E-state index contributed by atoms with van der Waals surface area (Å²) in [5, 5.41) is 3.70. The van der Waals surface area contributed by atoms with Crippen LogP contribution in [0.4, 0.5) is 0 Å². The van der Waals surface area contributed by atoms with Crippen LogP contribution in [0.5, 0.6) is 0 Å². The van der Waals surface area contributed by atoms with E-state index < -0.39 is 0 Å². The smallest absolute Gasteiger partial charge is 0.227 e. The Labute approximate surface area is 125 Å². The molecule has 1 aromatic rings. The first kappa shape index (κ1) is 16.3. The van der Waals surface area contributed by atoms with Gasteiger partial charge in [-0.25, -0.2) is 0 Å². The third-order valence-electron chi connectivity index (χ3n) is 3.51.